The highest BCUT2D eigenvalue weighted by Crippen LogP contribution is 2.21. The minimum absolute atomic E-state index is 0.267. The van der Waals surface area contributed by atoms with E-state index < -0.39 is 11.5 Å². The molecule has 0 aliphatic rings. The third kappa shape index (κ3) is 3.61. The van der Waals surface area contributed by atoms with Crippen LogP contribution in [0, 0.1) is 12.3 Å². The lowest BCUT2D eigenvalue weighted by molar-refractivity contribution is -0.142. The fourth-order valence-corrected chi connectivity index (χ4v) is 1.80. The smallest absolute Gasteiger partial charge is 0.323 e. The molecule has 0 aromatic heterocycles. The molecule has 0 aliphatic heterocycles. The number of terminal acetylenes is 1. The fraction of sp³-hybridized carbons (Fsp3) is 0.400. The maximum absolute atomic E-state index is 11.0. The van der Waals surface area contributed by atoms with Crippen LogP contribution in [0.1, 0.15) is 37.3 Å². The molecule has 0 saturated carbocycles. The summed E-state index contributed by atoms with van der Waals surface area (Å²) < 4.78 is 0. The molecule has 0 radical (unpaired) electrons. The van der Waals surface area contributed by atoms with E-state index in [1.165, 1.54) is 6.92 Å². The van der Waals surface area contributed by atoms with E-state index in [2.05, 4.69) is 12.8 Å². The zero-order valence-corrected chi connectivity index (χ0v) is 10.8. The lowest BCUT2D eigenvalue weighted by Crippen LogP contribution is -2.46. The van der Waals surface area contributed by atoms with Gasteiger partial charge in [0, 0.05) is 12.8 Å². The zero-order valence-electron chi connectivity index (χ0n) is 10.8. The van der Waals surface area contributed by atoms with E-state index in [0.717, 1.165) is 11.1 Å². The zero-order chi connectivity index (χ0) is 13.8. The minimum atomic E-state index is -1.24. The second-order valence-electron chi connectivity index (χ2n) is 4.95. The predicted molar refractivity (Wildman–Crippen MR) is 72.2 cm³/mol. The number of carboxylic acid groups (broad SMARTS) is 1. The third-order valence-electron chi connectivity index (χ3n) is 3.00. The van der Waals surface area contributed by atoms with Crippen LogP contribution in [0.3, 0.4) is 0 Å². The molecule has 2 atom stereocenters. The SMILES string of the molecule is C#CCC(C)c1cccc(CC(C)(N)C(=O)O)c1. The molecule has 0 heterocycles. The standard InChI is InChI=1S/C15H19NO2/c1-4-6-11(2)13-8-5-7-12(9-13)10-15(3,16)14(17)18/h1,5,7-9,11H,6,10,16H2,2-3H3,(H,17,18). The molecule has 1 aromatic carbocycles. The van der Waals surface area contributed by atoms with Crippen molar-refractivity contribution in [3.05, 3.63) is 35.4 Å². The molecule has 96 valence electrons. The summed E-state index contributed by atoms with van der Waals surface area (Å²) in [6.45, 7) is 3.57. The van der Waals surface area contributed by atoms with Gasteiger partial charge >= 0.3 is 5.97 Å². The molecule has 0 bridgehead atoms. The molecule has 3 heteroatoms. The Morgan fingerprint density at radius 1 is 1.61 bits per heavy atom. The normalized spacial score (nSPS) is 15.4. The Bertz CT molecular complexity index is 472. The first-order valence-electron chi connectivity index (χ1n) is 5.91. The van der Waals surface area contributed by atoms with Gasteiger partial charge < -0.3 is 10.8 Å². The molecule has 18 heavy (non-hydrogen) atoms. The molecule has 2 unspecified atom stereocenters. The van der Waals surface area contributed by atoms with E-state index in [1.807, 2.05) is 24.3 Å². The van der Waals surface area contributed by atoms with E-state index in [1.54, 1.807) is 0 Å². The predicted octanol–water partition coefficient (Wildman–Crippen LogP) is 2.16. The van der Waals surface area contributed by atoms with Crippen molar-refractivity contribution in [2.24, 2.45) is 5.73 Å². The summed E-state index contributed by atoms with van der Waals surface area (Å²) >= 11 is 0. The lowest BCUT2D eigenvalue weighted by atomic mass is 9.90. The van der Waals surface area contributed by atoms with Crippen molar-refractivity contribution in [2.45, 2.75) is 38.1 Å². The number of hydrogen-bond acceptors (Lipinski definition) is 2. The highest BCUT2D eigenvalue weighted by Gasteiger charge is 2.28. The van der Waals surface area contributed by atoms with Crippen molar-refractivity contribution >= 4 is 5.97 Å². The number of benzene rings is 1. The lowest BCUT2D eigenvalue weighted by Gasteiger charge is -2.20. The molecule has 3 N–H and O–H groups in total. The molecule has 0 amide bonds. The number of hydrogen-bond donors (Lipinski definition) is 2. The van der Waals surface area contributed by atoms with Crippen molar-refractivity contribution < 1.29 is 9.90 Å². The van der Waals surface area contributed by atoms with Gasteiger partial charge in [0.2, 0.25) is 0 Å². The van der Waals surface area contributed by atoms with Crippen LogP contribution in [0.5, 0.6) is 0 Å². The Morgan fingerprint density at radius 2 is 2.28 bits per heavy atom. The van der Waals surface area contributed by atoms with Gasteiger partial charge in [0.25, 0.3) is 0 Å². The average molecular weight is 245 g/mol. The monoisotopic (exact) mass is 245 g/mol. The van der Waals surface area contributed by atoms with E-state index in [-0.39, 0.29) is 5.92 Å². The van der Waals surface area contributed by atoms with Crippen LogP contribution in [0.2, 0.25) is 0 Å². The van der Waals surface area contributed by atoms with Crippen LogP contribution in [0.15, 0.2) is 24.3 Å². The summed E-state index contributed by atoms with van der Waals surface area (Å²) in [7, 11) is 0. The van der Waals surface area contributed by atoms with Crippen LogP contribution in [0.4, 0.5) is 0 Å². The quantitative estimate of drug-likeness (QED) is 0.781. The summed E-state index contributed by atoms with van der Waals surface area (Å²) in [5.74, 6) is 1.90. The maximum Gasteiger partial charge on any atom is 0.323 e. The molecule has 0 fully saturated rings. The van der Waals surface area contributed by atoms with Gasteiger partial charge in [-0.3, -0.25) is 4.79 Å². The van der Waals surface area contributed by atoms with E-state index in [9.17, 15) is 4.79 Å². The number of nitrogens with two attached hydrogens (primary N) is 1. The Morgan fingerprint density at radius 3 is 2.83 bits per heavy atom. The summed E-state index contributed by atoms with van der Waals surface area (Å²) in [5.41, 5.74) is 6.54. The van der Waals surface area contributed by atoms with Gasteiger partial charge in [-0.15, -0.1) is 12.3 Å². The van der Waals surface area contributed by atoms with Crippen molar-refractivity contribution in [3.8, 4) is 12.3 Å². The van der Waals surface area contributed by atoms with Crippen molar-refractivity contribution in [3.63, 3.8) is 0 Å². The molecular weight excluding hydrogens is 226 g/mol. The summed E-state index contributed by atoms with van der Waals surface area (Å²) in [5, 5.41) is 9.01. The molecule has 1 rings (SSSR count). The first-order valence-corrected chi connectivity index (χ1v) is 5.91. The summed E-state index contributed by atoms with van der Waals surface area (Å²) in [6, 6.07) is 7.78. The topological polar surface area (TPSA) is 63.3 Å². The van der Waals surface area contributed by atoms with Crippen molar-refractivity contribution in [2.75, 3.05) is 0 Å². The van der Waals surface area contributed by atoms with E-state index in [0.29, 0.717) is 12.8 Å². The molecule has 0 spiro atoms. The Kier molecular flexibility index (Phi) is 4.52. The molecular formula is C15H19NO2. The first kappa shape index (κ1) is 14.3. The Balaban J connectivity index is 2.90. The summed E-state index contributed by atoms with van der Waals surface area (Å²) in [6.07, 6.45) is 6.27. The Labute approximate surface area is 108 Å². The van der Waals surface area contributed by atoms with Crippen molar-refractivity contribution in [1.29, 1.82) is 0 Å². The minimum Gasteiger partial charge on any atom is -0.480 e. The number of carboxylic acids is 1. The average Bonchev–Trinajstić information content (AvgIpc) is 2.29. The van der Waals surface area contributed by atoms with Gasteiger partial charge in [0.1, 0.15) is 5.54 Å². The fourth-order valence-electron chi connectivity index (χ4n) is 1.80. The number of rotatable bonds is 5. The van der Waals surface area contributed by atoms with E-state index >= 15 is 0 Å². The first-order chi connectivity index (χ1) is 8.36. The van der Waals surface area contributed by atoms with Crippen molar-refractivity contribution in [1.82, 2.24) is 0 Å². The highest BCUT2D eigenvalue weighted by molar-refractivity contribution is 5.78. The molecule has 0 saturated heterocycles. The second-order valence-corrected chi connectivity index (χ2v) is 4.95. The van der Waals surface area contributed by atoms with E-state index in [4.69, 9.17) is 17.3 Å². The van der Waals surface area contributed by atoms with Gasteiger partial charge in [0.15, 0.2) is 0 Å². The van der Waals surface area contributed by atoms with Crippen LogP contribution in [-0.2, 0) is 11.2 Å². The third-order valence-corrected chi connectivity index (χ3v) is 3.00. The highest BCUT2D eigenvalue weighted by atomic mass is 16.4. The Hall–Kier alpha value is -1.79. The van der Waals surface area contributed by atoms with Gasteiger partial charge in [-0.2, -0.15) is 0 Å². The number of aliphatic carboxylic acids is 1. The van der Waals surface area contributed by atoms with Gasteiger partial charge in [0.05, 0.1) is 0 Å². The van der Waals surface area contributed by atoms with Gasteiger partial charge in [-0.25, -0.2) is 0 Å². The number of carbonyl (C=O) groups is 1. The summed E-state index contributed by atoms with van der Waals surface area (Å²) in [4.78, 5) is 11.0. The van der Waals surface area contributed by atoms with Gasteiger partial charge in [-0.1, -0.05) is 31.2 Å². The van der Waals surface area contributed by atoms with Gasteiger partial charge in [-0.05, 0) is 24.0 Å². The molecule has 1 aromatic rings. The van der Waals surface area contributed by atoms with Crippen LogP contribution >= 0.6 is 0 Å². The molecule has 3 nitrogen and oxygen atoms in total. The van der Waals surface area contributed by atoms with Crippen LogP contribution in [0.25, 0.3) is 0 Å². The second kappa shape index (κ2) is 5.70. The molecule has 0 aliphatic carbocycles. The van der Waals surface area contributed by atoms with Crippen LogP contribution in [-0.4, -0.2) is 16.6 Å². The largest absolute Gasteiger partial charge is 0.480 e. The van der Waals surface area contributed by atoms with Crippen LogP contribution < -0.4 is 5.73 Å². The maximum atomic E-state index is 11.0.